The first-order valence-electron chi connectivity index (χ1n) is 9.52. The van der Waals surface area contributed by atoms with Crippen LogP contribution < -0.4 is 11.1 Å². The van der Waals surface area contributed by atoms with E-state index in [0.717, 1.165) is 22.8 Å². The maximum Gasteiger partial charge on any atom is 0.257 e. The highest BCUT2D eigenvalue weighted by Crippen LogP contribution is 2.29. The van der Waals surface area contributed by atoms with E-state index in [1.54, 1.807) is 48.5 Å². The first kappa shape index (κ1) is 20.0. The van der Waals surface area contributed by atoms with E-state index in [1.807, 2.05) is 24.3 Å². The minimum atomic E-state index is -1.27. The molecule has 1 heterocycles. The quantitative estimate of drug-likeness (QED) is 0.245. The van der Waals surface area contributed by atoms with Crippen LogP contribution in [0.3, 0.4) is 0 Å². The van der Waals surface area contributed by atoms with Crippen molar-refractivity contribution in [1.82, 2.24) is 10.2 Å². The molecule has 4 rings (SSSR count). The van der Waals surface area contributed by atoms with Gasteiger partial charge in [-0.3, -0.25) is 15.3 Å². The van der Waals surface area contributed by atoms with Crippen molar-refractivity contribution in [3.63, 3.8) is 0 Å². The summed E-state index contributed by atoms with van der Waals surface area (Å²) in [7, 11) is 0. The number of carbonyl (C=O) groups excluding carboxylic acids is 1. The minimum absolute atomic E-state index is 0.236. The number of nitrogens with one attached hydrogen (secondary N) is 3. The molecule has 1 atom stereocenters. The van der Waals surface area contributed by atoms with Gasteiger partial charge in [0, 0.05) is 22.2 Å². The predicted molar refractivity (Wildman–Crippen MR) is 121 cm³/mol. The summed E-state index contributed by atoms with van der Waals surface area (Å²) in [4.78, 5) is 16.3. The van der Waals surface area contributed by atoms with Gasteiger partial charge < -0.3 is 16.2 Å². The van der Waals surface area contributed by atoms with E-state index < -0.39 is 12.0 Å². The third kappa shape index (κ3) is 4.19. The molecule has 1 amide bonds. The fourth-order valence-electron chi connectivity index (χ4n) is 3.28. The van der Waals surface area contributed by atoms with Crippen LogP contribution in [0.5, 0.6) is 0 Å². The summed E-state index contributed by atoms with van der Waals surface area (Å²) in [6.07, 6.45) is -0.374. The molecule has 0 aliphatic rings. The third-order valence-corrected chi connectivity index (χ3v) is 4.83. The molecule has 0 aliphatic carbocycles. The zero-order chi connectivity index (χ0) is 21.8. The van der Waals surface area contributed by atoms with Crippen molar-refractivity contribution in [2.45, 2.75) is 6.10 Å². The zero-order valence-corrected chi connectivity index (χ0v) is 16.4. The number of nitrogens with two attached hydrogens (primary N) is 1. The van der Waals surface area contributed by atoms with Crippen molar-refractivity contribution in [2.75, 3.05) is 5.32 Å². The number of carbonyl (C=O) groups is 1. The topological polar surface area (TPSA) is 140 Å². The van der Waals surface area contributed by atoms with Gasteiger partial charge in [0.25, 0.3) is 5.91 Å². The highest BCUT2D eigenvalue weighted by atomic mass is 16.3. The maximum atomic E-state index is 12.5. The number of amides is 1. The number of fused-ring (bicyclic) bond motifs is 1. The molecule has 0 spiro atoms. The molecule has 0 fully saturated rings. The molecule has 4 aromatic rings. The van der Waals surface area contributed by atoms with Crippen molar-refractivity contribution in [2.24, 2.45) is 10.7 Å². The van der Waals surface area contributed by atoms with Crippen LogP contribution >= 0.6 is 0 Å². The number of aliphatic hydroxyl groups is 1. The van der Waals surface area contributed by atoms with E-state index in [4.69, 9.17) is 11.1 Å². The molecular weight excluding hydrogens is 392 g/mol. The number of aromatic nitrogens is 2. The smallest absolute Gasteiger partial charge is 0.257 e. The lowest BCUT2D eigenvalue weighted by Crippen LogP contribution is -2.20. The second kappa shape index (κ2) is 8.60. The lowest BCUT2D eigenvalue weighted by atomic mass is 10.0. The Morgan fingerprint density at radius 1 is 1.13 bits per heavy atom. The van der Waals surface area contributed by atoms with Crippen molar-refractivity contribution in [1.29, 1.82) is 5.41 Å². The summed E-state index contributed by atoms with van der Waals surface area (Å²) in [6.45, 7) is 0. The van der Waals surface area contributed by atoms with Gasteiger partial charge >= 0.3 is 0 Å². The second-order valence-corrected chi connectivity index (χ2v) is 6.86. The van der Waals surface area contributed by atoms with Crippen molar-refractivity contribution in [3.8, 4) is 11.3 Å². The molecule has 8 heteroatoms. The van der Waals surface area contributed by atoms with Crippen LogP contribution in [0.25, 0.3) is 22.2 Å². The molecule has 6 N–H and O–H groups in total. The fourth-order valence-corrected chi connectivity index (χ4v) is 3.28. The van der Waals surface area contributed by atoms with E-state index in [9.17, 15) is 9.90 Å². The average Bonchev–Trinajstić information content (AvgIpc) is 3.23. The van der Waals surface area contributed by atoms with E-state index in [1.165, 1.54) is 0 Å². The summed E-state index contributed by atoms with van der Waals surface area (Å²) in [5, 5.41) is 28.4. The number of nitrogens with zero attached hydrogens (tertiary/aromatic N) is 2. The van der Waals surface area contributed by atoms with Crippen LogP contribution in [0, 0.1) is 5.41 Å². The Hall–Kier alpha value is -4.30. The Balaban J connectivity index is 1.63. The Morgan fingerprint density at radius 2 is 1.94 bits per heavy atom. The monoisotopic (exact) mass is 412 g/mol. The molecule has 154 valence electrons. The number of hydrogen-bond acceptors (Lipinski definition) is 4. The summed E-state index contributed by atoms with van der Waals surface area (Å²) in [6, 6.07) is 21.4. The van der Waals surface area contributed by atoms with Crippen molar-refractivity contribution in [3.05, 3.63) is 83.9 Å². The molecule has 0 aliphatic heterocycles. The van der Waals surface area contributed by atoms with Gasteiger partial charge in [0.2, 0.25) is 0 Å². The molecule has 3 aromatic carbocycles. The average molecular weight is 412 g/mol. The normalized spacial score (nSPS) is 12.5. The highest BCUT2D eigenvalue weighted by Gasteiger charge is 2.18. The Morgan fingerprint density at radius 3 is 2.71 bits per heavy atom. The largest absolute Gasteiger partial charge is 0.383 e. The molecule has 1 aromatic heterocycles. The Labute approximate surface area is 178 Å². The van der Waals surface area contributed by atoms with Gasteiger partial charge in [-0.25, -0.2) is 4.99 Å². The predicted octanol–water partition coefficient (Wildman–Crippen LogP) is 3.21. The Bertz CT molecular complexity index is 1280. The molecular formula is C23H20N6O2. The van der Waals surface area contributed by atoms with Crippen LogP contribution in [0.4, 0.5) is 5.69 Å². The minimum Gasteiger partial charge on any atom is -0.383 e. The summed E-state index contributed by atoms with van der Waals surface area (Å²) < 4.78 is 0. The van der Waals surface area contributed by atoms with Crippen LogP contribution in [0.1, 0.15) is 17.2 Å². The van der Waals surface area contributed by atoms with Gasteiger partial charge in [0.15, 0.2) is 6.10 Å². The molecule has 0 bridgehead atoms. The molecule has 0 saturated heterocycles. The molecule has 0 unspecified atom stereocenters. The molecule has 0 saturated carbocycles. The number of aromatic amines is 1. The first-order chi connectivity index (χ1) is 15.1. The van der Waals surface area contributed by atoms with Gasteiger partial charge in [-0.2, -0.15) is 5.10 Å². The summed E-state index contributed by atoms with van der Waals surface area (Å²) in [5.74, 6) is -0.284. The number of rotatable bonds is 6. The number of hydrogen-bond donors (Lipinski definition) is 5. The van der Waals surface area contributed by atoms with Gasteiger partial charge in [-0.15, -0.1) is 0 Å². The van der Waals surface area contributed by atoms with E-state index in [0.29, 0.717) is 22.5 Å². The molecule has 8 nitrogen and oxygen atoms in total. The summed E-state index contributed by atoms with van der Waals surface area (Å²) in [5.41, 5.74) is 9.91. The summed E-state index contributed by atoms with van der Waals surface area (Å²) >= 11 is 0. The number of H-pyrrole nitrogens is 1. The van der Waals surface area contributed by atoms with Gasteiger partial charge in [-0.05, 0) is 35.9 Å². The van der Waals surface area contributed by atoms with Crippen LogP contribution in [0.2, 0.25) is 0 Å². The van der Waals surface area contributed by atoms with Gasteiger partial charge in [-0.1, -0.05) is 42.5 Å². The molecule has 0 radical (unpaired) electrons. The number of aliphatic imine (C=N–C) groups is 1. The number of anilines is 1. The van der Waals surface area contributed by atoms with Crippen LogP contribution in [0.15, 0.2) is 77.8 Å². The fraction of sp³-hybridized carbons (Fsp3) is 0.0435. The number of aliphatic hydroxyl groups excluding tert-OH is 1. The van der Waals surface area contributed by atoms with Crippen LogP contribution in [-0.2, 0) is 4.79 Å². The standard InChI is InChI=1S/C23H20N6O2/c24-13-26-22(25)16-9-10-19-18(12-16)20(29-28-19)15-7-4-8-17(11-15)27-23(31)21(30)14-5-2-1-3-6-14/h1-13,21,30H,(H,27,31)(H,28,29)(H3,24,25,26)/t21-/m1/s1. The third-order valence-electron chi connectivity index (χ3n) is 4.83. The van der Waals surface area contributed by atoms with E-state index >= 15 is 0 Å². The van der Waals surface area contributed by atoms with Crippen LogP contribution in [-0.4, -0.2) is 33.4 Å². The van der Waals surface area contributed by atoms with Crippen molar-refractivity contribution < 1.29 is 9.90 Å². The van der Waals surface area contributed by atoms with Gasteiger partial charge in [0.05, 0.1) is 11.2 Å². The second-order valence-electron chi connectivity index (χ2n) is 6.86. The Kier molecular flexibility index (Phi) is 5.55. The van der Waals surface area contributed by atoms with Crippen molar-refractivity contribution >= 4 is 34.7 Å². The lowest BCUT2D eigenvalue weighted by Gasteiger charge is -2.12. The van der Waals surface area contributed by atoms with Gasteiger partial charge in [0.1, 0.15) is 12.2 Å². The molecule has 31 heavy (non-hydrogen) atoms. The maximum absolute atomic E-state index is 12.5. The first-order valence-corrected chi connectivity index (χ1v) is 9.52. The van der Waals surface area contributed by atoms with E-state index in [2.05, 4.69) is 20.5 Å². The number of benzene rings is 3. The van der Waals surface area contributed by atoms with E-state index in [-0.39, 0.29) is 5.84 Å². The zero-order valence-electron chi connectivity index (χ0n) is 16.4. The number of amidine groups is 1. The SMILES string of the molecule is N=CN=C(N)c1ccc2[nH]nc(-c3cccc(NC(=O)[C@H](O)c4ccccc4)c3)c2c1. The lowest BCUT2D eigenvalue weighted by molar-refractivity contribution is -0.124. The highest BCUT2D eigenvalue weighted by molar-refractivity contribution is 6.05.